The zero-order valence-electron chi connectivity index (χ0n) is 14.0. The molecule has 0 aliphatic heterocycles. The molecule has 0 aliphatic rings. The van der Waals surface area contributed by atoms with Gasteiger partial charge in [-0.3, -0.25) is 4.79 Å². The molecule has 5 heteroatoms. The highest BCUT2D eigenvalue weighted by atomic mass is 16.3. The van der Waals surface area contributed by atoms with E-state index >= 15 is 0 Å². The number of amides is 1. The third-order valence-corrected chi connectivity index (χ3v) is 3.85. The summed E-state index contributed by atoms with van der Waals surface area (Å²) in [6.45, 7) is 0.528. The molecule has 1 N–H and O–H groups in total. The number of aromatic nitrogens is 1. The topological polar surface area (TPSA) is 58.4 Å². The van der Waals surface area contributed by atoms with Gasteiger partial charge in [0.15, 0.2) is 11.5 Å². The summed E-state index contributed by atoms with van der Waals surface area (Å²) in [5.74, 6) is 0.593. The molecular weight excluding hydrogens is 302 g/mol. The second-order valence-electron chi connectivity index (χ2n) is 5.91. The number of nitrogens with zero attached hydrogens (tertiary/aromatic N) is 2. The van der Waals surface area contributed by atoms with Crippen molar-refractivity contribution in [2.24, 2.45) is 0 Å². The lowest BCUT2D eigenvalue weighted by atomic mass is 10.2. The van der Waals surface area contributed by atoms with Crippen LogP contribution in [0, 0.1) is 0 Å². The quantitative estimate of drug-likeness (QED) is 0.757. The first-order valence-electron chi connectivity index (χ1n) is 7.99. The van der Waals surface area contributed by atoms with Crippen LogP contribution in [0.25, 0.3) is 11.1 Å². The van der Waals surface area contributed by atoms with Crippen molar-refractivity contribution in [3.05, 3.63) is 60.0 Å². The van der Waals surface area contributed by atoms with Crippen LogP contribution in [0.2, 0.25) is 0 Å². The van der Waals surface area contributed by atoms with Crippen LogP contribution >= 0.6 is 0 Å². The van der Waals surface area contributed by atoms with Crippen molar-refractivity contribution in [1.29, 1.82) is 0 Å². The fourth-order valence-corrected chi connectivity index (χ4v) is 2.45. The van der Waals surface area contributed by atoms with Gasteiger partial charge in [0.25, 0.3) is 0 Å². The smallest absolute Gasteiger partial charge is 0.220 e. The first kappa shape index (κ1) is 16.1. The van der Waals surface area contributed by atoms with Gasteiger partial charge in [0.1, 0.15) is 5.52 Å². The summed E-state index contributed by atoms with van der Waals surface area (Å²) in [5.41, 5.74) is 3.81. The number of hydrogen-bond acceptors (Lipinski definition) is 4. The Morgan fingerprint density at radius 1 is 1.12 bits per heavy atom. The van der Waals surface area contributed by atoms with Crippen LogP contribution in [0.4, 0.5) is 5.69 Å². The molecule has 0 spiro atoms. The van der Waals surface area contributed by atoms with Gasteiger partial charge in [-0.25, -0.2) is 4.98 Å². The van der Waals surface area contributed by atoms with Crippen molar-refractivity contribution in [1.82, 2.24) is 10.3 Å². The van der Waals surface area contributed by atoms with Gasteiger partial charge in [0.2, 0.25) is 5.91 Å². The summed E-state index contributed by atoms with van der Waals surface area (Å²) < 4.78 is 5.62. The average molecular weight is 323 g/mol. The minimum absolute atomic E-state index is 0.00561. The molecule has 5 nitrogen and oxygen atoms in total. The second-order valence-corrected chi connectivity index (χ2v) is 5.91. The number of oxazole rings is 1. The van der Waals surface area contributed by atoms with Crippen molar-refractivity contribution < 1.29 is 9.21 Å². The van der Waals surface area contributed by atoms with E-state index in [1.165, 1.54) is 0 Å². The van der Waals surface area contributed by atoms with Crippen LogP contribution in [-0.2, 0) is 17.8 Å². The zero-order valence-corrected chi connectivity index (χ0v) is 14.0. The van der Waals surface area contributed by atoms with Crippen LogP contribution in [-0.4, -0.2) is 25.0 Å². The number of aryl methyl sites for hydroxylation is 1. The molecule has 0 saturated carbocycles. The molecule has 0 bridgehead atoms. The molecule has 0 radical (unpaired) electrons. The third-order valence-electron chi connectivity index (χ3n) is 3.85. The number of nitrogens with one attached hydrogen (secondary N) is 1. The molecule has 2 aromatic carbocycles. The van der Waals surface area contributed by atoms with Crippen LogP contribution in [0.3, 0.4) is 0 Å². The van der Waals surface area contributed by atoms with Crippen LogP contribution in [0.15, 0.2) is 52.9 Å². The standard InChI is InChI=1S/C19H21N3O2/c1-22(2)15-9-7-14(8-10-15)13-20-18(23)11-12-19-21-16-5-3-4-6-17(16)24-19/h3-10H,11-13H2,1-2H3,(H,20,23). The molecule has 3 rings (SSSR count). The van der Waals surface area contributed by atoms with Crippen molar-refractivity contribution >= 4 is 22.7 Å². The summed E-state index contributed by atoms with van der Waals surface area (Å²) in [6.07, 6.45) is 0.864. The van der Waals surface area contributed by atoms with Gasteiger partial charge in [-0.15, -0.1) is 0 Å². The predicted molar refractivity (Wildman–Crippen MR) is 94.9 cm³/mol. The molecule has 124 valence electrons. The first-order valence-corrected chi connectivity index (χ1v) is 7.99. The normalized spacial score (nSPS) is 10.8. The fourth-order valence-electron chi connectivity index (χ4n) is 2.45. The van der Waals surface area contributed by atoms with Gasteiger partial charge in [-0.05, 0) is 29.8 Å². The number of anilines is 1. The monoisotopic (exact) mass is 323 g/mol. The third kappa shape index (κ3) is 3.93. The summed E-state index contributed by atoms with van der Waals surface area (Å²) in [5, 5.41) is 2.93. The highest BCUT2D eigenvalue weighted by Crippen LogP contribution is 2.16. The average Bonchev–Trinajstić information content (AvgIpc) is 3.01. The van der Waals surface area contributed by atoms with Crippen molar-refractivity contribution in [2.75, 3.05) is 19.0 Å². The van der Waals surface area contributed by atoms with E-state index in [1.54, 1.807) is 0 Å². The van der Waals surface area contributed by atoms with E-state index in [0.717, 1.165) is 22.4 Å². The maximum Gasteiger partial charge on any atom is 0.220 e. The maximum absolute atomic E-state index is 12.0. The van der Waals surface area contributed by atoms with Gasteiger partial charge in [-0.1, -0.05) is 24.3 Å². The molecule has 24 heavy (non-hydrogen) atoms. The lowest BCUT2D eigenvalue weighted by Gasteiger charge is -2.12. The van der Waals surface area contributed by atoms with E-state index in [2.05, 4.69) is 10.3 Å². The number of hydrogen-bond donors (Lipinski definition) is 1. The number of rotatable bonds is 6. The number of fused-ring (bicyclic) bond motifs is 1. The molecule has 1 aromatic heterocycles. The van der Waals surface area contributed by atoms with E-state index in [1.807, 2.05) is 67.5 Å². The Labute approximate surface area is 141 Å². The lowest BCUT2D eigenvalue weighted by molar-refractivity contribution is -0.121. The van der Waals surface area contributed by atoms with Gasteiger partial charge in [0, 0.05) is 39.2 Å². The van der Waals surface area contributed by atoms with Crippen molar-refractivity contribution in [3.8, 4) is 0 Å². The summed E-state index contributed by atoms with van der Waals surface area (Å²) >= 11 is 0. The van der Waals surface area contributed by atoms with Crippen LogP contribution < -0.4 is 10.2 Å². The zero-order chi connectivity index (χ0) is 16.9. The lowest BCUT2D eigenvalue weighted by Crippen LogP contribution is -2.23. The molecule has 1 amide bonds. The Morgan fingerprint density at radius 3 is 2.58 bits per heavy atom. The predicted octanol–water partition coefficient (Wildman–Crippen LogP) is 3.14. The Balaban J connectivity index is 1.48. The Kier molecular flexibility index (Phi) is 4.79. The molecule has 0 atom stereocenters. The van der Waals surface area contributed by atoms with E-state index in [-0.39, 0.29) is 5.91 Å². The van der Waals surface area contributed by atoms with E-state index in [0.29, 0.717) is 25.3 Å². The SMILES string of the molecule is CN(C)c1ccc(CNC(=O)CCc2nc3ccccc3o2)cc1. The second kappa shape index (κ2) is 7.17. The van der Waals surface area contributed by atoms with E-state index < -0.39 is 0 Å². The van der Waals surface area contributed by atoms with Gasteiger partial charge >= 0.3 is 0 Å². The molecule has 1 heterocycles. The molecule has 0 fully saturated rings. The summed E-state index contributed by atoms with van der Waals surface area (Å²) in [7, 11) is 4.01. The summed E-state index contributed by atoms with van der Waals surface area (Å²) in [6, 6.07) is 15.7. The van der Waals surface area contributed by atoms with Crippen LogP contribution in [0.1, 0.15) is 17.9 Å². The van der Waals surface area contributed by atoms with Crippen molar-refractivity contribution in [2.45, 2.75) is 19.4 Å². The summed E-state index contributed by atoms with van der Waals surface area (Å²) in [4.78, 5) is 18.4. The minimum Gasteiger partial charge on any atom is -0.441 e. The fraction of sp³-hybridized carbons (Fsp3) is 0.263. The van der Waals surface area contributed by atoms with Crippen LogP contribution in [0.5, 0.6) is 0 Å². The largest absolute Gasteiger partial charge is 0.441 e. The highest BCUT2D eigenvalue weighted by molar-refractivity contribution is 5.76. The Hall–Kier alpha value is -2.82. The minimum atomic E-state index is -0.00561. The Morgan fingerprint density at radius 2 is 1.88 bits per heavy atom. The van der Waals surface area contributed by atoms with Gasteiger partial charge in [0.05, 0.1) is 0 Å². The van der Waals surface area contributed by atoms with Gasteiger partial charge < -0.3 is 14.6 Å². The van der Waals surface area contributed by atoms with E-state index in [4.69, 9.17) is 4.42 Å². The molecule has 0 saturated heterocycles. The van der Waals surface area contributed by atoms with Crippen molar-refractivity contribution in [3.63, 3.8) is 0 Å². The number of benzene rings is 2. The molecule has 3 aromatic rings. The Bertz CT molecular complexity index is 789. The number of carbonyl (C=O) groups is 1. The maximum atomic E-state index is 12.0. The molecule has 0 aliphatic carbocycles. The van der Waals surface area contributed by atoms with Gasteiger partial charge in [-0.2, -0.15) is 0 Å². The van der Waals surface area contributed by atoms with E-state index in [9.17, 15) is 4.79 Å². The first-order chi connectivity index (χ1) is 11.6. The number of para-hydroxylation sites is 2. The molecular formula is C19H21N3O2. The highest BCUT2D eigenvalue weighted by Gasteiger charge is 2.08. The molecule has 0 unspecified atom stereocenters. The number of carbonyl (C=O) groups excluding carboxylic acids is 1.